The summed E-state index contributed by atoms with van der Waals surface area (Å²) in [6, 6.07) is 8.76. The minimum absolute atomic E-state index is 0.379. The number of amides is 1. The van der Waals surface area contributed by atoms with Gasteiger partial charge >= 0.3 is 11.9 Å². The number of carbonyl (C=O) groups excluding carboxylic acids is 1. The first-order chi connectivity index (χ1) is 8.77. The third-order valence-corrected chi connectivity index (χ3v) is 1.86. The van der Waals surface area contributed by atoms with E-state index < -0.39 is 24.1 Å². The van der Waals surface area contributed by atoms with Gasteiger partial charge in [-0.15, -0.1) is 0 Å². The van der Waals surface area contributed by atoms with Gasteiger partial charge in [-0.2, -0.15) is 0 Å². The van der Waals surface area contributed by atoms with Crippen molar-refractivity contribution < 1.29 is 34.8 Å². The lowest BCUT2D eigenvalue weighted by Gasteiger charge is -2.07. The molecule has 1 aromatic carbocycles. The fourth-order valence-corrected chi connectivity index (χ4v) is 0.873. The summed E-state index contributed by atoms with van der Waals surface area (Å²) < 4.78 is 0. The number of rotatable bonds is 4. The minimum Gasteiger partial charge on any atom is -0.479 e. The van der Waals surface area contributed by atoms with Crippen LogP contribution in [0.15, 0.2) is 30.3 Å². The Hall–Kier alpha value is -2.45. The number of aliphatic carboxylic acids is 2. The smallest absolute Gasteiger partial charge is 0.335 e. The molecule has 6 N–H and O–H groups in total. The molecule has 19 heavy (non-hydrogen) atoms. The van der Waals surface area contributed by atoms with Crippen molar-refractivity contribution in [2.24, 2.45) is 5.73 Å². The van der Waals surface area contributed by atoms with E-state index in [1.807, 2.05) is 6.07 Å². The van der Waals surface area contributed by atoms with E-state index in [0.29, 0.717) is 5.56 Å². The maximum absolute atomic E-state index is 10.4. The fourth-order valence-electron chi connectivity index (χ4n) is 0.873. The molecule has 0 aliphatic carbocycles. The maximum atomic E-state index is 10.4. The highest BCUT2D eigenvalue weighted by Gasteiger charge is 2.29. The average molecular weight is 271 g/mol. The molecule has 0 saturated heterocycles. The lowest BCUT2D eigenvalue weighted by atomic mass is 10.2. The van der Waals surface area contributed by atoms with Gasteiger partial charge < -0.3 is 26.2 Å². The summed E-state index contributed by atoms with van der Waals surface area (Å²) in [5.41, 5.74) is 5.53. The van der Waals surface area contributed by atoms with Gasteiger partial charge in [-0.3, -0.25) is 4.79 Å². The SMILES string of the molecule is NC(=O)c1ccccc1.O=C(O)[C@H](O)[C@@H](O)C(=O)O. The predicted octanol–water partition coefficient (Wildman–Crippen LogP) is -1.34. The van der Waals surface area contributed by atoms with Gasteiger partial charge in [0, 0.05) is 5.56 Å². The summed E-state index contributed by atoms with van der Waals surface area (Å²) in [4.78, 5) is 30.0. The van der Waals surface area contributed by atoms with E-state index in [2.05, 4.69) is 0 Å². The van der Waals surface area contributed by atoms with Crippen molar-refractivity contribution in [3.05, 3.63) is 35.9 Å². The summed E-state index contributed by atoms with van der Waals surface area (Å²) in [6.07, 6.45) is -4.53. The van der Waals surface area contributed by atoms with Crippen LogP contribution in [0.5, 0.6) is 0 Å². The van der Waals surface area contributed by atoms with E-state index >= 15 is 0 Å². The quantitative estimate of drug-likeness (QED) is 0.453. The Kier molecular flexibility index (Phi) is 6.79. The molecule has 8 nitrogen and oxygen atoms in total. The molecule has 0 aliphatic rings. The van der Waals surface area contributed by atoms with Crippen LogP contribution in [0, 0.1) is 0 Å². The van der Waals surface area contributed by atoms with Crippen LogP contribution in [0.3, 0.4) is 0 Å². The van der Waals surface area contributed by atoms with E-state index in [9.17, 15) is 14.4 Å². The molecule has 0 radical (unpaired) electrons. The number of carboxylic acid groups (broad SMARTS) is 2. The second-order valence-corrected chi connectivity index (χ2v) is 3.30. The first-order valence-electron chi connectivity index (χ1n) is 4.94. The first-order valence-corrected chi connectivity index (χ1v) is 4.94. The predicted molar refractivity (Wildman–Crippen MR) is 62.2 cm³/mol. The van der Waals surface area contributed by atoms with Crippen LogP contribution in [0.1, 0.15) is 10.4 Å². The zero-order valence-corrected chi connectivity index (χ0v) is 9.63. The molecule has 104 valence electrons. The number of aliphatic hydroxyl groups is 2. The molecule has 0 heterocycles. The average Bonchev–Trinajstić information content (AvgIpc) is 2.38. The van der Waals surface area contributed by atoms with Gasteiger partial charge in [0.2, 0.25) is 5.91 Å². The van der Waals surface area contributed by atoms with E-state index in [0.717, 1.165) is 0 Å². The summed E-state index contributed by atoms with van der Waals surface area (Å²) in [5, 5.41) is 32.5. The second kappa shape index (κ2) is 7.80. The number of hydrogen-bond acceptors (Lipinski definition) is 5. The Balaban J connectivity index is 0.000000342. The van der Waals surface area contributed by atoms with Crippen molar-refractivity contribution in [3.63, 3.8) is 0 Å². The molecule has 8 heteroatoms. The zero-order chi connectivity index (χ0) is 15.0. The third kappa shape index (κ3) is 6.15. The van der Waals surface area contributed by atoms with Gasteiger partial charge in [-0.05, 0) is 12.1 Å². The van der Waals surface area contributed by atoms with Crippen molar-refractivity contribution in [1.29, 1.82) is 0 Å². The normalized spacial score (nSPS) is 12.5. The molecular formula is C11H13NO7. The molecule has 1 rings (SSSR count). The standard InChI is InChI=1S/C7H7NO.C4H6O6/c8-7(9)6-4-2-1-3-5-6;5-1(3(7)8)2(6)4(9)10/h1-5H,(H2,8,9);1-2,5-6H,(H,7,8)(H,9,10)/t;1-,2-/m.1/s1. The molecule has 0 unspecified atom stereocenters. The van der Waals surface area contributed by atoms with Crippen LogP contribution < -0.4 is 5.73 Å². The van der Waals surface area contributed by atoms with Gasteiger partial charge in [0.25, 0.3) is 0 Å². The maximum Gasteiger partial charge on any atom is 0.335 e. The molecule has 0 saturated carbocycles. The van der Waals surface area contributed by atoms with E-state index in [-0.39, 0.29) is 5.91 Å². The number of carboxylic acids is 2. The summed E-state index contributed by atoms with van der Waals surface area (Å²) >= 11 is 0. The van der Waals surface area contributed by atoms with Gasteiger partial charge in [-0.1, -0.05) is 18.2 Å². The first kappa shape index (κ1) is 16.6. The largest absolute Gasteiger partial charge is 0.479 e. The van der Waals surface area contributed by atoms with Gasteiger partial charge in [0.1, 0.15) is 0 Å². The van der Waals surface area contributed by atoms with Crippen molar-refractivity contribution >= 4 is 17.8 Å². The summed E-state index contributed by atoms with van der Waals surface area (Å²) in [6.45, 7) is 0. The monoisotopic (exact) mass is 271 g/mol. The zero-order valence-electron chi connectivity index (χ0n) is 9.63. The highest BCUT2D eigenvalue weighted by molar-refractivity contribution is 5.92. The second-order valence-electron chi connectivity index (χ2n) is 3.30. The molecule has 0 aliphatic heterocycles. The Bertz CT molecular complexity index is 428. The highest BCUT2D eigenvalue weighted by Crippen LogP contribution is 1.94. The van der Waals surface area contributed by atoms with Crippen LogP contribution >= 0.6 is 0 Å². The molecule has 2 atom stereocenters. The number of carbonyl (C=O) groups is 3. The van der Waals surface area contributed by atoms with Gasteiger partial charge in [0.15, 0.2) is 12.2 Å². The molecule has 0 spiro atoms. The van der Waals surface area contributed by atoms with Crippen molar-refractivity contribution in [2.45, 2.75) is 12.2 Å². The van der Waals surface area contributed by atoms with Gasteiger partial charge in [-0.25, -0.2) is 9.59 Å². The van der Waals surface area contributed by atoms with E-state index in [1.54, 1.807) is 24.3 Å². The van der Waals surface area contributed by atoms with Crippen LogP contribution in [-0.4, -0.2) is 50.5 Å². The highest BCUT2D eigenvalue weighted by atomic mass is 16.4. The third-order valence-electron chi connectivity index (χ3n) is 1.86. The number of primary amides is 1. The molecule has 0 bridgehead atoms. The minimum atomic E-state index is -2.27. The van der Waals surface area contributed by atoms with Crippen molar-refractivity contribution in [1.82, 2.24) is 0 Å². The van der Waals surface area contributed by atoms with Gasteiger partial charge in [0.05, 0.1) is 0 Å². The van der Waals surface area contributed by atoms with E-state index in [1.165, 1.54) is 0 Å². The Morgan fingerprint density at radius 1 is 0.895 bits per heavy atom. The molecule has 1 aromatic rings. The van der Waals surface area contributed by atoms with Crippen LogP contribution in [0.25, 0.3) is 0 Å². The van der Waals surface area contributed by atoms with Crippen molar-refractivity contribution in [2.75, 3.05) is 0 Å². The lowest BCUT2D eigenvalue weighted by Crippen LogP contribution is -2.39. The number of hydrogen-bond donors (Lipinski definition) is 5. The summed E-state index contributed by atoms with van der Waals surface area (Å²) in [7, 11) is 0. The molecule has 0 aromatic heterocycles. The van der Waals surface area contributed by atoms with Crippen molar-refractivity contribution in [3.8, 4) is 0 Å². The number of aliphatic hydroxyl groups excluding tert-OH is 2. The van der Waals surface area contributed by atoms with Crippen LogP contribution in [0.4, 0.5) is 0 Å². The number of benzene rings is 1. The number of nitrogens with two attached hydrogens (primary N) is 1. The Morgan fingerprint density at radius 2 is 1.26 bits per heavy atom. The summed E-state index contributed by atoms with van der Waals surface area (Å²) in [5.74, 6) is -3.92. The Morgan fingerprint density at radius 3 is 1.47 bits per heavy atom. The molecule has 0 fully saturated rings. The van der Waals surface area contributed by atoms with Crippen LogP contribution in [-0.2, 0) is 9.59 Å². The molecular weight excluding hydrogens is 258 g/mol. The molecule has 1 amide bonds. The topological polar surface area (TPSA) is 158 Å². The fraction of sp³-hybridized carbons (Fsp3) is 0.182. The Labute approximate surface area is 107 Å². The lowest BCUT2D eigenvalue weighted by molar-refractivity contribution is -0.165. The van der Waals surface area contributed by atoms with Crippen LogP contribution in [0.2, 0.25) is 0 Å². The van der Waals surface area contributed by atoms with E-state index in [4.69, 9.17) is 26.2 Å².